The van der Waals surface area contributed by atoms with Crippen molar-refractivity contribution in [2.45, 2.75) is 25.8 Å². The van der Waals surface area contributed by atoms with Crippen LogP contribution >= 0.6 is 0 Å². The molecule has 0 bridgehead atoms. The lowest BCUT2D eigenvalue weighted by Gasteiger charge is -2.31. The molecule has 1 amide bonds. The van der Waals surface area contributed by atoms with E-state index in [1.807, 2.05) is 43.3 Å². The van der Waals surface area contributed by atoms with Crippen LogP contribution in [-0.2, 0) is 4.79 Å². The van der Waals surface area contributed by atoms with E-state index in [0.717, 1.165) is 38.0 Å². The van der Waals surface area contributed by atoms with E-state index in [1.54, 1.807) is 0 Å². The van der Waals surface area contributed by atoms with Crippen molar-refractivity contribution in [2.75, 3.05) is 46.9 Å². The molecule has 1 fully saturated rings. The Labute approximate surface area is 145 Å². The number of benzene rings is 1. The predicted molar refractivity (Wildman–Crippen MR) is 96.9 cm³/mol. The van der Waals surface area contributed by atoms with Crippen LogP contribution in [0.2, 0.25) is 0 Å². The molecule has 0 aromatic heterocycles. The van der Waals surface area contributed by atoms with Crippen molar-refractivity contribution in [1.82, 2.24) is 15.1 Å². The number of aliphatic hydroxyl groups is 1. The van der Waals surface area contributed by atoms with Crippen LogP contribution in [0.5, 0.6) is 0 Å². The molecule has 0 saturated carbocycles. The lowest BCUT2D eigenvalue weighted by molar-refractivity contribution is -0.125. The summed E-state index contributed by atoms with van der Waals surface area (Å²) in [4.78, 5) is 16.9. The van der Waals surface area contributed by atoms with Crippen LogP contribution in [0.1, 0.15) is 30.0 Å². The topological polar surface area (TPSA) is 55.8 Å². The molecule has 0 unspecified atom stereocenters. The molecule has 1 aromatic rings. The zero-order valence-corrected chi connectivity index (χ0v) is 15.2. The Balaban J connectivity index is 1.82. The largest absolute Gasteiger partial charge is 0.396 e. The molecule has 1 aliphatic heterocycles. The molecule has 0 radical (unpaired) electrons. The fourth-order valence-electron chi connectivity index (χ4n) is 3.26. The van der Waals surface area contributed by atoms with Crippen molar-refractivity contribution in [3.8, 4) is 0 Å². The second-order valence-corrected chi connectivity index (χ2v) is 7.04. The van der Waals surface area contributed by atoms with Gasteiger partial charge in [0.05, 0.1) is 0 Å². The van der Waals surface area contributed by atoms with E-state index in [0.29, 0.717) is 19.1 Å². The highest BCUT2D eigenvalue weighted by Gasteiger charge is 2.23. The molecular weight excluding hydrogens is 302 g/mol. The number of likely N-dealkylation sites (N-methyl/N-ethyl adjacent to an activating group) is 1. The third kappa shape index (κ3) is 5.30. The van der Waals surface area contributed by atoms with Gasteiger partial charge in [-0.3, -0.25) is 9.69 Å². The summed E-state index contributed by atoms with van der Waals surface area (Å²) in [7, 11) is 3.87. The van der Waals surface area contributed by atoms with Crippen molar-refractivity contribution >= 4 is 5.91 Å². The summed E-state index contributed by atoms with van der Waals surface area (Å²) in [5.41, 5.74) is 2.22. The maximum absolute atomic E-state index is 12.6. The molecule has 5 nitrogen and oxygen atoms in total. The van der Waals surface area contributed by atoms with Gasteiger partial charge in [0, 0.05) is 19.7 Å². The molecule has 1 atom stereocenters. The maximum Gasteiger partial charge on any atom is 0.241 e. The number of nitrogens with zero attached hydrogens (tertiary/aromatic N) is 2. The van der Waals surface area contributed by atoms with E-state index >= 15 is 0 Å². The van der Waals surface area contributed by atoms with Gasteiger partial charge in [0.1, 0.15) is 6.04 Å². The molecular formula is C19H31N3O2. The Morgan fingerprint density at radius 2 is 1.92 bits per heavy atom. The highest BCUT2D eigenvalue weighted by Crippen LogP contribution is 2.19. The first-order chi connectivity index (χ1) is 11.5. The second kappa shape index (κ2) is 9.16. The Bertz CT molecular complexity index is 508. The van der Waals surface area contributed by atoms with Crippen molar-refractivity contribution in [2.24, 2.45) is 5.92 Å². The molecule has 2 N–H and O–H groups in total. The van der Waals surface area contributed by atoms with Crippen LogP contribution in [0, 0.1) is 12.8 Å². The maximum atomic E-state index is 12.6. The van der Waals surface area contributed by atoms with Crippen molar-refractivity contribution in [1.29, 1.82) is 0 Å². The number of amides is 1. The van der Waals surface area contributed by atoms with Gasteiger partial charge in [-0.1, -0.05) is 29.8 Å². The fourth-order valence-corrected chi connectivity index (χ4v) is 3.26. The van der Waals surface area contributed by atoms with Crippen LogP contribution in [0.3, 0.4) is 0 Å². The van der Waals surface area contributed by atoms with Crippen LogP contribution in [-0.4, -0.2) is 67.7 Å². The standard InChI is InChI=1S/C19H31N3O2/c1-15-4-6-17(7-5-15)18(21(2)3)19(24)20-10-13-22-11-8-16(14-23)9-12-22/h4-7,16,18,23H,8-14H2,1-3H3,(H,20,24)/t18-/m1/s1. The van der Waals surface area contributed by atoms with Gasteiger partial charge in [0.25, 0.3) is 0 Å². The first kappa shape index (κ1) is 18.9. The second-order valence-electron chi connectivity index (χ2n) is 7.04. The lowest BCUT2D eigenvalue weighted by atomic mass is 9.98. The minimum absolute atomic E-state index is 0.0501. The quantitative estimate of drug-likeness (QED) is 0.792. The van der Waals surface area contributed by atoms with Crippen LogP contribution in [0.4, 0.5) is 0 Å². The Morgan fingerprint density at radius 3 is 2.46 bits per heavy atom. The van der Waals surface area contributed by atoms with E-state index in [4.69, 9.17) is 0 Å². The average Bonchev–Trinajstić information content (AvgIpc) is 2.57. The van der Waals surface area contributed by atoms with Gasteiger partial charge in [-0.15, -0.1) is 0 Å². The summed E-state index contributed by atoms with van der Waals surface area (Å²) in [6.45, 7) is 5.91. The molecule has 1 aromatic carbocycles. The van der Waals surface area contributed by atoms with E-state index in [2.05, 4.69) is 17.1 Å². The minimum Gasteiger partial charge on any atom is -0.396 e. The third-order valence-corrected chi connectivity index (χ3v) is 4.85. The number of nitrogens with one attached hydrogen (secondary N) is 1. The average molecular weight is 333 g/mol. The summed E-state index contributed by atoms with van der Waals surface area (Å²) in [6.07, 6.45) is 2.10. The van der Waals surface area contributed by atoms with Gasteiger partial charge >= 0.3 is 0 Å². The molecule has 5 heteroatoms. The molecule has 1 saturated heterocycles. The number of aryl methyl sites for hydroxylation is 1. The Hall–Kier alpha value is -1.43. The van der Waals surface area contributed by atoms with E-state index in [9.17, 15) is 9.90 Å². The van der Waals surface area contributed by atoms with Crippen LogP contribution in [0.15, 0.2) is 24.3 Å². The van der Waals surface area contributed by atoms with Gasteiger partial charge in [-0.25, -0.2) is 0 Å². The summed E-state index contributed by atoms with van der Waals surface area (Å²) < 4.78 is 0. The Kier molecular flexibility index (Phi) is 7.21. The predicted octanol–water partition coefficient (Wildman–Crippen LogP) is 1.42. The SMILES string of the molecule is Cc1ccc([C@H](C(=O)NCCN2CCC(CO)CC2)N(C)C)cc1. The summed E-state index contributed by atoms with van der Waals surface area (Å²) in [5, 5.41) is 12.3. The van der Waals surface area contributed by atoms with E-state index in [1.165, 1.54) is 5.56 Å². The third-order valence-electron chi connectivity index (χ3n) is 4.85. The zero-order chi connectivity index (χ0) is 17.5. The van der Waals surface area contributed by atoms with Gasteiger partial charge in [0.15, 0.2) is 0 Å². The zero-order valence-electron chi connectivity index (χ0n) is 15.2. The fraction of sp³-hybridized carbons (Fsp3) is 0.632. The molecule has 0 spiro atoms. The van der Waals surface area contributed by atoms with E-state index < -0.39 is 0 Å². The summed E-state index contributed by atoms with van der Waals surface area (Å²) >= 11 is 0. The number of piperidine rings is 1. The molecule has 134 valence electrons. The first-order valence-corrected chi connectivity index (χ1v) is 8.85. The molecule has 2 rings (SSSR count). The number of aliphatic hydroxyl groups excluding tert-OH is 1. The minimum atomic E-state index is -0.259. The number of hydrogen-bond acceptors (Lipinski definition) is 4. The van der Waals surface area contributed by atoms with Gasteiger partial charge in [-0.2, -0.15) is 0 Å². The molecule has 1 aliphatic rings. The summed E-state index contributed by atoms with van der Waals surface area (Å²) in [6, 6.07) is 7.89. The molecule has 24 heavy (non-hydrogen) atoms. The Morgan fingerprint density at radius 1 is 1.29 bits per heavy atom. The smallest absolute Gasteiger partial charge is 0.241 e. The number of carbonyl (C=O) groups excluding carboxylic acids is 1. The van der Waals surface area contributed by atoms with Crippen LogP contribution in [0.25, 0.3) is 0 Å². The van der Waals surface area contributed by atoms with Gasteiger partial charge < -0.3 is 15.3 Å². The van der Waals surface area contributed by atoms with E-state index in [-0.39, 0.29) is 11.9 Å². The molecule has 0 aliphatic carbocycles. The number of likely N-dealkylation sites (tertiary alicyclic amines) is 1. The van der Waals surface area contributed by atoms with Crippen LogP contribution < -0.4 is 5.32 Å². The first-order valence-electron chi connectivity index (χ1n) is 8.85. The van der Waals surface area contributed by atoms with Gasteiger partial charge in [0.2, 0.25) is 5.91 Å². The normalized spacial score (nSPS) is 17.9. The molecule has 1 heterocycles. The van der Waals surface area contributed by atoms with Crippen molar-refractivity contribution in [3.05, 3.63) is 35.4 Å². The number of rotatable bonds is 7. The van der Waals surface area contributed by atoms with Crippen molar-refractivity contribution in [3.63, 3.8) is 0 Å². The van der Waals surface area contributed by atoms with Gasteiger partial charge in [-0.05, 0) is 58.4 Å². The number of carbonyl (C=O) groups is 1. The monoisotopic (exact) mass is 333 g/mol. The van der Waals surface area contributed by atoms with Crippen molar-refractivity contribution < 1.29 is 9.90 Å². The highest BCUT2D eigenvalue weighted by atomic mass is 16.3. The number of hydrogen-bond donors (Lipinski definition) is 2. The summed E-state index contributed by atoms with van der Waals surface area (Å²) in [5.74, 6) is 0.504. The highest BCUT2D eigenvalue weighted by molar-refractivity contribution is 5.83. The lowest BCUT2D eigenvalue weighted by Crippen LogP contribution is -2.43.